The van der Waals surface area contributed by atoms with Gasteiger partial charge in [0, 0.05) is 12.9 Å². The second-order valence-corrected chi connectivity index (χ2v) is 7.88. The maximum atomic E-state index is 11.8. The Labute approximate surface area is 129 Å². The van der Waals surface area contributed by atoms with Gasteiger partial charge >= 0.3 is 0 Å². The van der Waals surface area contributed by atoms with E-state index >= 15 is 0 Å². The first-order chi connectivity index (χ1) is 9.96. The highest BCUT2D eigenvalue weighted by molar-refractivity contribution is 8.00. The van der Waals surface area contributed by atoms with Crippen LogP contribution in [0.5, 0.6) is 0 Å². The second kappa shape index (κ2) is 5.39. The summed E-state index contributed by atoms with van der Waals surface area (Å²) in [6, 6.07) is 0. The van der Waals surface area contributed by atoms with Gasteiger partial charge < -0.3 is 9.26 Å². The lowest BCUT2D eigenvalue weighted by atomic mass is 9.70. The molecule has 116 valence electrons. The van der Waals surface area contributed by atoms with Crippen molar-refractivity contribution in [1.29, 1.82) is 0 Å². The highest BCUT2D eigenvalue weighted by Gasteiger charge is 2.44. The zero-order valence-electron chi connectivity index (χ0n) is 12.8. The molecule has 1 unspecified atom stereocenters. The number of rotatable bonds is 3. The van der Waals surface area contributed by atoms with Crippen molar-refractivity contribution in [3.8, 4) is 0 Å². The molecule has 0 aromatic carbocycles. The van der Waals surface area contributed by atoms with E-state index in [0.29, 0.717) is 22.9 Å². The van der Waals surface area contributed by atoms with E-state index in [-0.39, 0.29) is 11.7 Å². The van der Waals surface area contributed by atoms with Gasteiger partial charge in [0.05, 0.1) is 5.75 Å². The number of nitrogens with zero attached hydrogens (tertiary/aromatic N) is 2. The topological polar surface area (TPSA) is 65.2 Å². The van der Waals surface area contributed by atoms with Gasteiger partial charge in [0.1, 0.15) is 11.5 Å². The molecule has 1 aliphatic heterocycles. The molecule has 2 heterocycles. The molecule has 0 bridgehead atoms. The Morgan fingerprint density at radius 1 is 1.29 bits per heavy atom. The Morgan fingerprint density at radius 2 is 2.00 bits per heavy atom. The minimum absolute atomic E-state index is 0.187. The maximum Gasteiger partial charge on any atom is 0.238 e. The summed E-state index contributed by atoms with van der Waals surface area (Å²) in [5.41, 5.74) is -0.112. The van der Waals surface area contributed by atoms with Crippen molar-refractivity contribution in [2.24, 2.45) is 5.41 Å². The third-order valence-corrected chi connectivity index (χ3v) is 5.92. The lowest BCUT2D eigenvalue weighted by molar-refractivity contribution is -0.117. The summed E-state index contributed by atoms with van der Waals surface area (Å²) in [6.07, 6.45) is 3.93. The summed E-state index contributed by atoms with van der Waals surface area (Å²) < 4.78 is 11.2. The summed E-state index contributed by atoms with van der Waals surface area (Å²) in [4.78, 5) is 16.3. The van der Waals surface area contributed by atoms with E-state index in [1.807, 2.05) is 0 Å². The van der Waals surface area contributed by atoms with Crippen LogP contribution >= 0.6 is 11.8 Å². The van der Waals surface area contributed by atoms with Crippen molar-refractivity contribution in [2.45, 2.75) is 51.0 Å². The first kappa shape index (κ1) is 15.0. The highest BCUT2D eigenvalue weighted by atomic mass is 32.2. The lowest BCUT2D eigenvalue weighted by Gasteiger charge is -2.40. The fraction of sp³-hybridized carbons (Fsp3) is 0.800. The van der Waals surface area contributed by atoms with Gasteiger partial charge in [-0.2, -0.15) is 16.7 Å². The van der Waals surface area contributed by atoms with Crippen LogP contribution in [0.4, 0.5) is 0 Å². The van der Waals surface area contributed by atoms with E-state index in [4.69, 9.17) is 9.26 Å². The molecule has 0 N–H and O–H groups in total. The number of methoxy groups -OCH3 is 1. The van der Waals surface area contributed by atoms with E-state index < -0.39 is 5.60 Å². The smallest absolute Gasteiger partial charge is 0.238 e. The molecule has 1 atom stereocenters. The first-order valence-corrected chi connectivity index (χ1v) is 8.61. The molecule has 21 heavy (non-hydrogen) atoms. The molecule has 1 saturated carbocycles. The Bertz CT molecular complexity index is 531. The van der Waals surface area contributed by atoms with Crippen LogP contribution in [0.25, 0.3) is 0 Å². The number of hydrogen-bond acceptors (Lipinski definition) is 6. The quantitative estimate of drug-likeness (QED) is 0.855. The maximum absolute atomic E-state index is 11.8. The zero-order valence-corrected chi connectivity index (χ0v) is 13.7. The van der Waals surface area contributed by atoms with Crippen molar-refractivity contribution >= 4 is 17.5 Å². The Morgan fingerprint density at radius 3 is 2.57 bits per heavy atom. The lowest BCUT2D eigenvalue weighted by Crippen LogP contribution is -2.37. The van der Waals surface area contributed by atoms with E-state index in [1.54, 1.807) is 18.9 Å². The SMILES string of the molecule is COC1(c2noc(C3CSCC3=O)n2)CCC(C)(C)CC1. The van der Waals surface area contributed by atoms with E-state index in [2.05, 4.69) is 24.0 Å². The molecule has 3 rings (SSSR count). The average Bonchev–Trinajstić information content (AvgIpc) is 3.08. The molecular weight excluding hydrogens is 288 g/mol. The number of ether oxygens (including phenoxy) is 1. The van der Waals surface area contributed by atoms with Crippen LogP contribution in [0.2, 0.25) is 0 Å². The van der Waals surface area contributed by atoms with Crippen molar-refractivity contribution in [1.82, 2.24) is 10.1 Å². The van der Waals surface area contributed by atoms with Gasteiger partial charge in [-0.15, -0.1) is 0 Å². The molecule has 0 spiro atoms. The van der Waals surface area contributed by atoms with E-state index in [0.717, 1.165) is 31.4 Å². The molecule has 1 aliphatic carbocycles. The summed E-state index contributed by atoms with van der Waals surface area (Å²) in [5, 5.41) is 4.14. The first-order valence-electron chi connectivity index (χ1n) is 7.45. The molecule has 0 radical (unpaired) electrons. The summed E-state index contributed by atoms with van der Waals surface area (Å²) in [6.45, 7) is 4.56. The molecule has 5 nitrogen and oxygen atoms in total. The average molecular weight is 310 g/mol. The fourth-order valence-electron chi connectivity index (χ4n) is 3.09. The second-order valence-electron chi connectivity index (χ2n) is 6.85. The Balaban J connectivity index is 1.82. The van der Waals surface area contributed by atoms with Crippen LogP contribution in [0.15, 0.2) is 4.52 Å². The van der Waals surface area contributed by atoms with Gasteiger partial charge in [-0.1, -0.05) is 19.0 Å². The molecule has 2 fully saturated rings. The molecular formula is C15H22N2O3S. The number of carbonyl (C=O) groups excluding carboxylic acids is 1. The third kappa shape index (κ3) is 2.75. The number of aromatic nitrogens is 2. The number of hydrogen-bond donors (Lipinski definition) is 0. The number of carbonyl (C=O) groups is 1. The largest absolute Gasteiger partial charge is 0.370 e. The van der Waals surface area contributed by atoms with Crippen LogP contribution < -0.4 is 0 Å². The summed E-state index contributed by atoms with van der Waals surface area (Å²) in [5.74, 6) is 2.32. The molecule has 1 saturated heterocycles. The molecule has 6 heteroatoms. The van der Waals surface area contributed by atoms with Crippen LogP contribution in [-0.4, -0.2) is 34.5 Å². The van der Waals surface area contributed by atoms with Gasteiger partial charge in [-0.05, 0) is 31.1 Å². The Hall–Kier alpha value is -0.880. The van der Waals surface area contributed by atoms with E-state index in [9.17, 15) is 4.79 Å². The van der Waals surface area contributed by atoms with Gasteiger partial charge in [-0.3, -0.25) is 4.79 Å². The van der Waals surface area contributed by atoms with Gasteiger partial charge in [0.25, 0.3) is 0 Å². The number of ketones is 1. The van der Waals surface area contributed by atoms with Gasteiger partial charge in [-0.25, -0.2) is 0 Å². The van der Waals surface area contributed by atoms with Crippen molar-refractivity contribution in [2.75, 3.05) is 18.6 Å². The van der Waals surface area contributed by atoms with Crippen LogP contribution in [0.3, 0.4) is 0 Å². The van der Waals surface area contributed by atoms with Crippen molar-refractivity contribution in [3.63, 3.8) is 0 Å². The standard InChI is InChI=1S/C15H22N2O3S/c1-14(2)4-6-15(19-3,7-5-14)13-16-12(20-17-13)10-8-21-9-11(10)18/h10H,4-9H2,1-3H3. The number of Topliss-reactive ketones (excluding diaryl/α,β-unsaturated/α-hetero) is 1. The van der Waals surface area contributed by atoms with E-state index in [1.165, 1.54) is 0 Å². The van der Waals surface area contributed by atoms with Crippen LogP contribution in [0, 0.1) is 5.41 Å². The molecule has 2 aliphatic rings. The fourth-order valence-corrected chi connectivity index (χ4v) is 4.18. The molecule has 1 aromatic rings. The Kier molecular flexibility index (Phi) is 3.86. The predicted molar refractivity (Wildman–Crippen MR) is 80.3 cm³/mol. The third-order valence-electron chi connectivity index (χ3n) is 4.87. The molecule has 0 amide bonds. The predicted octanol–water partition coefficient (Wildman–Crippen LogP) is 2.91. The minimum atomic E-state index is -0.452. The molecule has 1 aromatic heterocycles. The van der Waals surface area contributed by atoms with Crippen molar-refractivity contribution < 1.29 is 14.1 Å². The minimum Gasteiger partial charge on any atom is -0.370 e. The van der Waals surface area contributed by atoms with Gasteiger partial charge in [0.15, 0.2) is 5.78 Å². The number of thioether (sulfide) groups is 1. The van der Waals surface area contributed by atoms with Crippen LogP contribution in [0.1, 0.15) is 57.2 Å². The normalized spacial score (nSPS) is 28.0. The summed E-state index contributed by atoms with van der Waals surface area (Å²) in [7, 11) is 1.71. The monoisotopic (exact) mass is 310 g/mol. The zero-order chi connectivity index (χ0) is 15.1. The van der Waals surface area contributed by atoms with Crippen LogP contribution in [-0.2, 0) is 15.1 Å². The van der Waals surface area contributed by atoms with Crippen molar-refractivity contribution in [3.05, 3.63) is 11.7 Å². The highest BCUT2D eigenvalue weighted by Crippen LogP contribution is 2.46. The van der Waals surface area contributed by atoms with Gasteiger partial charge in [0.2, 0.25) is 11.7 Å². The summed E-state index contributed by atoms with van der Waals surface area (Å²) >= 11 is 1.63.